The monoisotopic (exact) mass is 713 g/mol. The zero-order valence-electron chi connectivity index (χ0n) is 30.6. The second-order valence-electron chi connectivity index (χ2n) is 15.9. The van der Waals surface area contributed by atoms with Crippen molar-refractivity contribution in [3.05, 3.63) is 106 Å². The van der Waals surface area contributed by atoms with E-state index in [-0.39, 0.29) is 35.1 Å². The summed E-state index contributed by atoms with van der Waals surface area (Å²) in [5.41, 5.74) is 4.60. The number of ether oxygens (including phenoxy) is 3. The van der Waals surface area contributed by atoms with Crippen LogP contribution in [0.25, 0.3) is 0 Å². The summed E-state index contributed by atoms with van der Waals surface area (Å²) in [4.78, 5) is 28.0. The Morgan fingerprint density at radius 1 is 1.06 bits per heavy atom. The first-order valence-electron chi connectivity index (χ1n) is 18.4. The standard InChI is InChI=1S/C43H52ClNO6/c1-28(19-21-49-40(47)30-10-7-6-8-11-30)22-29(2)39(46)35-16-13-33(35)25-45-26-43(20-9-12-31-23-34(44)15-17-36(31)43)27-50-38-18-14-32(24-37(38)45)41(48)51-42(3,4)5/h6-8,10-11,14-15,17-18,22-24,28,33,35,39,46H,9,12-13,16,19-21,25-27H2,1-5H3/b29-22+/t28?,33-,35+,39+,43-/m0/s1. The van der Waals surface area contributed by atoms with Crippen molar-refractivity contribution in [2.24, 2.45) is 17.8 Å². The molecule has 5 atom stereocenters. The number of esters is 2. The third-order valence-electron chi connectivity index (χ3n) is 10.8. The van der Waals surface area contributed by atoms with E-state index in [9.17, 15) is 14.7 Å². The van der Waals surface area contributed by atoms with E-state index >= 15 is 0 Å². The highest BCUT2D eigenvalue weighted by Crippen LogP contribution is 2.47. The number of anilines is 1. The highest BCUT2D eigenvalue weighted by atomic mass is 35.5. The van der Waals surface area contributed by atoms with Crippen molar-refractivity contribution < 1.29 is 28.9 Å². The quantitative estimate of drug-likeness (QED) is 0.166. The van der Waals surface area contributed by atoms with Gasteiger partial charge in [-0.25, -0.2) is 9.59 Å². The first-order chi connectivity index (χ1) is 24.3. The normalized spacial score (nSPS) is 22.8. The Morgan fingerprint density at radius 3 is 2.57 bits per heavy atom. The topological polar surface area (TPSA) is 85.3 Å². The van der Waals surface area contributed by atoms with Gasteiger partial charge in [0.15, 0.2) is 0 Å². The number of aliphatic hydroxyl groups is 1. The van der Waals surface area contributed by atoms with Crippen LogP contribution in [0.4, 0.5) is 5.69 Å². The van der Waals surface area contributed by atoms with Gasteiger partial charge in [0.05, 0.1) is 36.1 Å². The summed E-state index contributed by atoms with van der Waals surface area (Å²) in [6.45, 7) is 12.1. The minimum Gasteiger partial charge on any atom is -0.490 e. The number of benzene rings is 3. The van der Waals surface area contributed by atoms with E-state index in [1.807, 2.05) is 64.1 Å². The van der Waals surface area contributed by atoms with E-state index in [0.717, 1.165) is 67.2 Å². The maximum atomic E-state index is 13.2. The molecule has 272 valence electrons. The third-order valence-corrected chi connectivity index (χ3v) is 11.1. The average Bonchev–Trinajstić information content (AvgIpc) is 3.22. The molecule has 0 radical (unpaired) electrons. The average molecular weight is 714 g/mol. The number of aliphatic hydroxyl groups excluding tert-OH is 1. The molecule has 0 bridgehead atoms. The molecule has 3 aromatic carbocycles. The molecule has 0 saturated heterocycles. The predicted molar refractivity (Wildman–Crippen MR) is 202 cm³/mol. The zero-order valence-corrected chi connectivity index (χ0v) is 31.4. The molecule has 51 heavy (non-hydrogen) atoms. The fraction of sp³-hybridized carbons (Fsp3) is 0.488. The van der Waals surface area contributed by atoms with Crippen molar-refractivity contribution >= 4 is 29.2 Å². The Kier molecular flexibility index (Phi) is 11.2. The van der Waals surface area contributed by atoms with E-state index in [2.05, 4.69) is 30.0 Å². The molecule has 3 aliphatic rings. The van der Waals surface area contributed by atoms with Crippen LogP contribution >= 0.6 is 11.6 Å². The lowest BCUT2D eigenvalue weighted by atomic mass is 9.67. The Labute approximate surface area is 307 Å². The highest BCUT2D eigenvalue weighted by Gasteiger charge is 2.44. The summed E-state index contributed by atoms with van der Waals surface area (Å²) in [5, 5.41) is 12.4. The highest BCUT2D eigenvalue weighted by molar-refractivity contribution is 6.30. The van der Waals surface area contributed by atoms with Gasteiger partial charge in [-0.05, 0) is 143 Å². The van der Waals surface area contributed by atoms with Gasteiger partial charge in [0, 0.05) is 23.5 Å². The molecule has 1 fully saturated rings. The molecular formula is C43H52ClNO6. The molecule has 1 aliphatic heterocycles. The van der Waals surface area contributed by atoms with Crippen molar-refractivity contribution in [1.29, 1.82) is 0 Å². The van der Waals surface area contributed by atoms with Gasteiger partial charge < -0.3 is 24.2 Å². The molecule has 8 heteroatoms. The summed E-state index contributed by atoms with van der Waals surface area (Å²) in [5.74, 6) is 0.591. The Hall–Kier alpha value is -3.81. The molecule has 1 heterocycles. The number of nitrogens with zero attached hydrogens (tertiary/aromatic N) is 1. The van der Waals surface area contributed by atoms with E-state index in [4.69, 9.17) is 25.8 Å². The minimum atomic E-state index is -0.609. The number of aryl methyl sites for hydroxylation is 1. The van der Waals surface area contributed by atoms with E-state index in [0.29, 0.717) is 30.8 Å². The van der Waals surface area contributed by atoms with Crippen molar-refractivity contribution in [2.45, 2.75) is 90.3 Å². The molecule has 7 nitrogen and oxygen atoms in total. The van der Waals surface area contributed by atoms with E-state index in [1.54, 1.807) is 18.2 Å². The molecule has 1 spiro atoms. The Balaban J connectivity index is 1.20. The molecule has 1 unspecified atom stereocenters. The molecule has 3 aromatic rings. The van der Waals surface area contributed by atoms with Crippen molar-refractivity contribution in [2.75, 3.05) is 31.2 Å². The maximum Gasteiger partial charge on any atom is 0.338 e. The molecule has 2 aliphatic carbocycles. The van der Waals surface area contributed by atoms with Gasteiger partial charge in [0.2, 0.25) is 0 Å². The summed E-state index contributed by atoms with van der Waals surface area (Å²) in [6, 6.07) is 20.9. The van der Waals surface area contributed by atoms with E-state index in [1.165, 1.54) is 11.1 Å². The number of carbonyl (C=O) groups excluding carboxylic acids is 2. The van der Waals surface area contributed by atoms with Crippen molar-refractivity contribution in [1.82, 2.24) is 0 Å². The van der Waals surface area contributed by atoms with Crippen molar-refractivity contribution in [3.63, 3.8) is 0 Å². The molecule has 0 amide bonds. The maximum absolute atomic E-state index is 13.2. The van der Waals surface area contributed by atoms with Gasteiger partial charge in [-0.2, -0.15) is 0 Å². The SMILES string of the molecule is C/C(=C\C(C)CCOC(=O)c1ccccc1)[C@@H](O)[C@@H]1CC[C@H]1CN1C[C@@]2(CCCc3cc(Cl)ccc32)COc2ccc(C(=O)OC(C)(C)C)cc21. The minimum absolute atomic E-state index is 0.111. The molecular weight excluding hydrogens is 662 g/mol. The molecule has 1 saturated carbocycles. The first-order valence-corrected chi connectivity index (χ1v) is 18.8. The summed E-state index contributed by atoms with van der Waals surface area (Å²) >= 11 is 6.46. The second-order valence-corrected chi connectivity index (χ2v) is 16.4. The third kappa shape index (κ3) is 8.64. The van der Waals surface area contributed by atoms with Crippen LogP contribution in [-0.4, -0.2) is 55.1 Å². The van der Waals surface area contributed by atoms with Crippen LogP contribution in [0.3, 0.4) is 0 Å². The van der Waals surface area contributed by atoms with Crippen molar-refractivity contribution in [3.8, 4) is 5.75 Å². The number of hydrogen-bond acceptors (Lipinski definition) is 7. The lowest BCUT2D eigenvalue weighted by Gasteiger charge is -2.46. The van der Waals surface area contributed by atoms with Crippen LogP contribution in [0.5, 0.6) is 5.75 Å². The molecule has 0 aromatic heterocycles. The van der Waals surface area contributed by atoms with Crippen LogP contribution < -0.4 is 9.64 Å². The number of rotatable bonds is 10. The van der Waals surface area contributed by atoms with E-state index < -0.39 is 11.7 Å². The van der Waals surface area contributed by atoms with Crippen LogP contribution in [0.15, 0.2) is 78.4 Å². The summed E-state index contributed by atoms with van der Waals surface area (Å²) in [6.07, 6.45) is 7.21. The van der Waals surface area contributed by atoms with Gasteiger partial charge in [0.25, 0.3) is 0 Å². The number of fused-ring (bicyclic) bond motifs is 3. The van der Waals surface area contributed by atoms with Gasteiger partial charge >= 0.3 is 11.9 Å². The number of halogens is 1. The molecule has 6 rings (SSSR count). The van der Waals surface area contributed by atoms with Crippen LogP contribution in [0, 0.1) is 17.8 Å². The first kappa shape index (κ1) is 37.0. The Morgan fingerprint density at radius 2 is 1.84 bits per heavy atom. The number of carbonyl (C=O) groups is 2. The molecule has 1 N–H and O–H groups in total. The zero-order chi connectivity index (χ0) is 36.3. The lowest BCUT2D eigenvalue weighted by molar-refractivity contribution is 0.00692. The van der Waals surface area contributed by atoms with Gasteiger partial charge in [-0.1, -0.05) is 48.9 Å². The number of hydrogen-bond donors (Lipinski definition) is 1. The van der Waals surface area contributed by atoms with Gasteiger partial charge in [-0.15, -0.1) is 0 Å². The van der Waals surface area contributed by atoms with Crippen LogP contribution in [-0.2, 0) is 21.3 Å². The van der Waals surface area contributed by atoms with Gasteiger partial charge in [-0.3, -0.25) is 0 Å². The fourth-order valence-electron chi connectivity index (χ4n) is 8.06. The summed E-state index contributed by atoms with van der Waals surface area (Å²) < 4.78 is 17.9. The van der Waals surface area contributed by atoms with Gasteiger partial charge in [0.1, 0.15) is 11.4 Å². The Bertz CT molecular complexity index is 1750. The fourth-order valence-corrected chi connectivity index (χ4v) is 8.26. The second kappa shape index (κ2) is 15.4. The van der Waals surface area contributed by atoms with Crippen LogP contribution in [0.1, 0.15) is 98.6 Å². The number of allylic oxidation sites excluding steroid dienone is 1. The van der Waals surface area contributed by atoms with Crippen LogP contribution in [0.2, 0.25) is 5.02 Å². The lowest BCUT2D eigenvalue weighted by Crippen LogP contribution is -2.49. The smallest absolute Gasteiger partial charge is 0.338 e. The predicted octanol–water partition coefficient (Wildman–Crippen LogP) is 8.99. The largest absolute Gasteiger partial charge is 0.490 e. The summed E-state index contributed by atoms with van der Waals surface area (Å²) in [7, 11) is 0.